The third kappa shape index (κ3) is 6.27. The van der Waals surface area contributed by atoms with Crippen LogP contribution in [0.1, 0.15) is 30.0 Å². The molecule has 2 aromatic heterocycles. The average Bonchev–Trinajstić information content (AvgIpc) is 3.38. The van der Waals surface area contributed by atoms with E-state index in [1.165, 1.54) is 40.2 Å². The maximum Gasteiger partial charge on any atom is 0.401 e. The summed E-state index contributed by atoms with van der Waals surface area (Å²) in [5, 5.41) is 5.21. The van der Waals surface area contributed by atoms with Crippen LogP contribution in [0.5, 0.6) is 0 Å². The molecule has 1 saturated heterocycles. The number of piperazine rings is 1. The van der Waals surface area contributed by atoms with Crippen LogP contribution in [0.4, 0.5) is 23.4 Å². The fraction of sp³-hybridized carbons (Fsp3) is 0.458. The van der Waals surface area contributed by atoms with Gasteiger partial charge in [0.05, 0.1) is 19.3 Å². The first-order chi connectivity index (χ1) is 17.5. The molecule has 0 amide bonds. The molecule has 4 rings (SSSR count). The summed E-state index contributed by atoms with van der Waals surface area (Å²) in [7, 11) is 1.26. The van der Waals surface area contributed by atoms with E-state index in [2.05, 4.69) is 5.10 Å². The first-order valence-corrected chi connectivity index (χ1v) is 13.3. The smallest absolute Gasteiger partial charge is 0.401 e. The molecule has 3 aromatic rings. The highest BCUT2D eigenvalue weighted by Crippen LogP contribution is 2.41. The summed E-state index contributed by atoms with van der Waals surface area (Å²) in [6, 6.07) is 5.89. The van der Waals surface area contributed by atoms with Gasteiger partial charge in [-0.2, -0.15) is 27.9 Å². The standard InChI is InChI=1S/C24H27F4N5O2S2/c1-14(2)36-22-20(32-10-8-31(9-11-32)13-24(26,27)28)29-23(37-22)33-19(21(34)35-4)18(15(3)30-33)16-6-5-7-17(25)12-16/h5-7,12,14H,8-11,13H2,1-4H3. The van der Waals surface area contributed by atoms with Crippen LogP contribution in [0.25, 0.3) is 16.3 Å². The number of alkyl halides is 3. The molecule has 1 aliphatic rings. The first kappa shape index (κ1) is 27.4. The van der Waals surface area contributed by atoms with Gasteiger partial charge in [0.1, 0.15) is 10.0 Å². The largest absolute Gasteiger partial charge is 0.464 e. The van der Waals surface area contributed by atoms with Crippen LogP contribution in [0.2, 0.25) is 0 Å². The summed E-state index contributed by atoms with van der Waals surface area (Å²) in [6.45, 7) is 6.16. The Balaban J connectivity index is 1.74. The number of aryl methyl sites for hydroxylation is 1. The number of carbonyl (C=O) groups is 1. The predicted octanol–water partition coefficient (Wildman–Crippen LogP) is 5.41. The second-order valence-corrected chi connectivity index (χ2v) is 11.7. The van der Waals surface area contributed by atoms with Gasteiger partial charge in [0.25, 0.3) is 0 Å². The number of thioether (sulfide) groups is 1. The number of anilines is 1. The van der Waals surface area contributed by atoms with Gasteiger partial charge in [0.2, 0.25) is 5.13 Å². The number of hydrogen-bond acceptors (Lipinski definition) is 8. The third-order valence-electron chi connectivity index (χ3n) is 5.72. The zero-order chi connectivity index (χ0) is 26.9. The van der Waals surface area contributed by atoms with Crippen molar-refractivity contribution >= 4 is 34.9 Å². The number of nitrogens with zero attached hydrogens (tertiary/aromatic N) is 5. The van der Waals surface area contributed by atoms with E-state index in [1.807, 2.05) is 18.7 Å². The molecule has 0 atom stereocenters. The monoisotopic (exact) mass is 557 g/mol. The Morgan fingerprint density at radius 3 is 2.51 bits per heavy atom. The lowest BCUT2D eigenvalue weighted by molar-refractivity contribution is -0.146. The van der Waals surface area contributed by atoms with Gasteiger partial charge in [-0.05, 0) is 24.6 Å². The fourth-order valence-electron chi connectivity index (χ4n) is 4.18. The number of benzene rings is 1. The molecule has 13 heteroatoms. The highest BCUT2D eigenvalue weighted by atomic mass is 32.2. The van der Waals surface area contributed by atoms with Crippen molar-refractivity contribution < 1.29 is 27.1 Å². The molecule has 0 bridgehead atoms. The zero-order valence-corrected chi connectivity index (χ0v) is 22.4. The second-order valence-electron chi connectivity index (χ2n) is 8.88. The number of rotatable bonds is 7. The maximum absolute atomic E-state index is 14.0. The number of methoxy groups -OCH3 is 1. The van der Waals surface area contributed by atoms with E-state index in [0.717, 1.165) is 4.21 Å². The Bertz CT molecular complexity index is 1270. The summed E-state index contributed by atoms with van der Waals surface area (Å²) < 4.78 is 59.8. The highest BCUT2D eigenvalue weighted by molar-refractivity contribution is 8.01. The van der Waals surface area contributed by atoms with Crippen molar-refractivity contribution in [3.8, 4) is 16.3 Å². The van der Waals surface area contributed by atoms with E-state index >= 15 is 0 Å². The Morgan fingerprint density at radius 1 is 1.22 bits per heavy atom. The lowest BCUT2D eigenvalue weighted by Gasteiger charge is -2.35. The topological polar surface area (TPSA) is 63.5 Å². The number of carbonyl (C=O) groups excluding carboxylic acids is 1. The van der Waals surface area contributed by atoms with Crippen LogP contribution < -0.4 is 4.90 Å². The average molecular weight is 558 g/mol. The normalized spacial score (nSPS) is 15.0. The van der Waals surface area contributed by atoms with Crippen molar-refractivity contribution in [1.82, 2.24) is 19.7 Å². The van der Waals surface area contributed by atoms with Crippen LogP contribution in [0.15, 0.2) is 28.5 Å². The van der Waals surface area contributed by atoms with Gasteiger partial charge in [0, 0.05) is 37.0 Å². The van der Waals surface area contributed by atoms with Crippen LogP contribution in [-0.4, -0.2) is 76.9 Å². The molecular formula is C24H27F4N5O2S2. The van der Waals surface area contributed by atoms with E-state index in [4.69, 9.17) is 9.72 Å². The molecule has 1 aliphatic heterocycles. The molecule has 37 heavy (non-hydrogen) atoms. The summed E-state index contributed by atoms with van der Waals surface area (Å²) >= 11 is 2.93. The van der Waals surface area contributed by atoms with E-state index < -0.39 is 24.5 Å². The van der Waals surface area contributed by atoms with Gasteiger partial charge >= 0.3 is 12.1 Å². The maximum atomic E-state index is 14.0. The minimum atomic E-state index is -4.24. The quantitative estimate of drug-likeness (QED) is 0.219. The van der Waals surface area contributed by atoms with Gasteiger partial charge in [-0.1, -0.05) is 37.3 Å². The van der Waals surface area contributed by atoms with Crippen molar-refractivity contribution in [3.63, 3.8) is 0 Å². The molecule has 0 radical (unpaired) electrons. The molecule has 200 valence electrons. The number of ether oxygens (including phenoxy) is 1. The predicted molar refractivity (Wildman–Crippen MR) is 136 cm³/mol. The van der Waals surface area contributed by atoms with Crippen LogP contribution in [-0.2, 0) is 4.74 Å². The molecule has 7 nitrogen and oxygen atoms in total. The van der Waals surface area contributed by atoms with E-state index in [0.29, 0.717) is 40.9 Å². The number of aromatic nitrogens is 3. The molecule has 1 aromatic carbocycles. The summed E-state index contributed by atoms with van der Waals surface area (Å²) in [4.78, 5) is 21.1. The molecule has 0 saturated carbocycles. The van der Waals surface area contributed by atoms with E-state index in [9.17, 15) is 22.4 Å². The van der Waals surface area contributed by atoms with Crippen LogP contribution in [0, 0.1) is 12.7 Å². The van der Waals surface area contributed by atoms with Crippen molar-refractivity contribution in [2.75, 3.05) is 44.7 Å². The van der Waals surface area contributed by atoms with Gasteiger partial charge < -0.3 is 9.64 Å². The summed E-state index contributed by atoms with van der Waals surface area (Å²) in [5.74, 6) is -0.436. The number of hydrogen-bond donors (Lipinski definition) is 0. The molecule has 0 aliphatic carbocycles. The zero-order valence-electron chi connectivity index (χ0n) is 20.8. The van der Waals surface area contributed by atoms with Crippen LogP contribution in [0.3, 0.4) is 0 Å². The fourth-order valence-corrected chi connectivity index (χ4v) is 6.66. The third-order valence-corrected chi connectivity index (χ3v) is 7.94. The van der Waals surface area contributed by atoms with Crippen molar-refractivity contribution in [1.29, 1.82) is 0 Å². The SMILES string of the molecule is COC(=O)c1c(-c2cccc(F)c2)c(C)nn1-c1nc(N2CCN(CC(F)(F)F)CC2)c(SC(C)C)s1. The molecule has 0 N–H and O–H groups in total. The van der Waals surface area contributed by atoms with Crippen molar-refractivity contribution in [3.05, 3.63) is 41.5 Å². The molecule has 3 heterocycles. The Hall–Kier alpha value is -2.64. The Kier molecular flexibility index (Phi) is 8.14. The minimum absolute atomic E-state index is 0.127. The van der Waals surface area contributed by atoms with E-state index in [1.54, 1.807) is 30.8 Å². The summed E-state index contributed by atoms with van der Waals surface area (Å²) in [5.41, 5.74) is 1.56. The van der Waals surface area contributed by atoms with Gasteiger partial charge in [0.15, 0.2) is 11.5 Å². The van der Waals surface area contributed by atoms with Crippen molar-refractivity contribution in [2.24, 2.45) is 0 Å². The highest BCUT2D eigenvalue weighted by Gasteiger charge is 2.34. The van der Waals surface area contributed by atoms with Crippen LogP contribution >= 0.6 is 23.1 Å². The van der Waals surface area contributed by atoms with Gasteiger partial charge in [-0.15, -0.1) is 11.8 Å². The van der Waals surface area contributed by atoms with Gasteiger partial charge in [-0.25, -0.2) is 9.18 Å². The number of thiazole rings is 1. The number of esters is 1. The minimum Gasteiger partial charge on any atom is -0.464 e. The lowest BCUT2D eigenvalue weighted by atomic mass is 10.0. The summed E-state index contributed by atoms with van der Waals surface area (Å²) in [6.07, 6.45) is -4.24. The first-order valence-electron chi connectivity index (χ1n) is 11.6. The molecular weight excluding hydrogens is 530 g/mol. The second kappa shape index (κ2) is 11.0. The molecule has 0 unspecified atom stereocenters. The Labute approximate surface area is 220 Å². The lowest BCUT2D eigenvalue weighted by Crippen LogP contribution is -2.49. The molecule has 0 spiro atoms. The number of halogens is 4. The van der Waals surface area contributed by atoms with Gasteiger partial charge in [-0.3, -0.25) is 4.90 Å². The van der Waals surface area contributed by atoms with E-state index in [-0.39, 0.29) is 24.0 Å². The Morgan fingerprint density at radius 2 is 1.92 bits per heavy atom. The van der Waals surface area contributed by atoms with Crippen molar-refractivity contribution in [2.45, 2.75) is 36.4 Å². The molecule has 1 fully saturated rings.